The number of hydrogen-bond acceptors (Lipinski definition) is 2. The minimum absolute atomic E-state index is 0.685. The highest BCUT2D eigenvalue weighted by atomic mass is 79.9. The first kappa shape index (κ1) is 10.2. The summed E-state index contributed by atoms with van der Waals surface area (Å²) >= 11 is 3.39. The molecule has 1 aromatic carbocycles. The van der Waals surface area contributed by atoms with Gasteiger partial charge in [-0.2, -0.15) is 0 Å². The summed E-state index contributed by atoms with van der Waals surface area (Å²) in [6.07, 6.45) is 0.861. The lowest BCUT2D eigenvalue weighted by Crippen LogP contribution is -1.84. The lowest BCUT2D eigenvalue weighted by Gasteiger charge is -2.02. The minimum Gasteiger partial charge on any atom is -0.495 e. The third-order valence-electron chi connectivity index (χ3n) is 2.41. The van der Waals surface area contributed by atoms with Gasteiger partial charge in [0.2, 0.25) is 0 Å². The molecular formula is C11H10BrNO2. The van der Waals surface area contributed by atoms with Crippen LogP contribution in [-0.2, 0) is 0 Å². The van der Waals surface area contributed by atoms with Crippen molar-refractivity contribution in [2.75, 3.05) is 7.11 Å². The molecule has 0 bridgehead atoms. The Balaban J connectivity index is 2.89. The summed E-state index contributed by atoms with van der Waals surface area (Å²) in [7, 11) is 1.61. The second-order valence-corrected chi connectivity index (χ2v) is 4.23. The summed E-state index contributed by atoms with van der Waals surface area (Å²) in [5.41, 5.74) is 2.40. The number of nitrogens with one attached hydrogen (secondary N) is 1. The molecule has 15 heavy (non-hydrogen) atoms. The second-order valence-electron chi connectivity index (χ2n) is 3.31. The first-order chi connectivity index (χ1) is 7.17. The molecule has 4 heteroatoms. The zero-order valence-electron chi connectivity index (χ0n) is 8.43. The number of fused-ring (bicyclic) bond motifs is 1. The molecular weight excluding hydrogens is 258 g/mol. The predicted octanol–water partition coefficient (Wildman–Crippen LogP) is 3.06. The lowest BCUT2D eigenvalue weighted by molar-refractivity contribution is 0.112. The second kappa shape index (κ2) is 3.70. The van der Waals surface area contributed by atoms with Gasteiger partial charge in [0.15, 0.2) is 6.29 Å². The fraction of sp³-hybridized carbons (Fsp3) is 0.182. The van der Waals surface area contributed by atoms with Crippen molar-refractivity contribution in [3.05, 3.63) is 27.9 Å². The molecule has 3 nitrogen and oxygen atoms in total. The first-order valence-corrected chi connectivity index (χ1v) is 5.27. The van der Waals surface area contributed by atoms with Crippen LogP contribution in [0.2, 0.25) is 0 Å². The molecule has 0 aliphatic carbocycles. The Labute approximate surface area is 95.6 Å². The maximum Gasteiger partial charge on any atom is 0.152 e. The standard InChI is InChI=1S/C11H10BrNO2/c1-6-9(5-14)8-3-7(12)4-10(15-2)11(8)13-6/h3-5,13H,1-2H3. The Morgan fingerprint density at radius 3 is 2.80 bits per heavy atom. The molecule has 1 aromatic heterocycles. The molecule has 0 aliphatic rings. The van der Waals surface area contributed by atoms with Crippen LogP contribution in [-0.4, -0.2) is 18.4 Å². The number of aryl methyl sites for hydroxylation is 1. The molecule has 2 rings (SSSR count). The highest BCUT2D eigenvalue weighted by molar-refractivity contribution is 9.10. The normalized spacial score (nSPS) is 10.6. The summed E-state index contributed by atoms with van der Waals surface area (Å²) in [5, 5.41) is 0.883. The van der Waals surface area contributed by atoms with Crippen molar-refractivity contribution < 1.29 is 9.53 Å². The molecule has 0 unspecified atom stereocenters. The average molecular weight is 268 g/mol. The van der Waals surface area contributed by atoms with Crippen LogP contribution in [0.15, 0.2) is 16.6 Å². The van der Waals surface area contributed by atoms with E-state index in [-0.39, 0.29) is 0 Å². The monoisotopic (exact) mass is 267 g/mol. The molecule has 1 heterocycles. The number of ether oxygens (including phenoxy) is 1. The number of benzene rings is 1. The molecule has 78 valence electrons. The molecule has 0 saturated heterocycles. The van der Waals surface area contributed by atoms with Gasteiger partial charge in [-0.3, -0.25) is 4.79 Å². The maximum absolute atomic E-state index is 10.9. The van der Waals surface area contributed by atoms with E-state index in [0.29, 0.717) is 5.56 Å². The number of hydrogen-bond donors (Lipinski definition) is 1. The Bertz CT molecular complexity index is 531. The largest absolute Gasteiger partial charge is 0.495 e. The van der Waals surface area contributed by atoms with Crippen LogP contribution in [0.3, 0.4) is 0 Å². The number of rotatable bonds is 2. The van der Waals surface area contributed by atoms with Gasteiger partial charge in [-0.1, -0.05) is 15.9 Å². The van der Waals surface area contributed by atoms with E-state index >= 15 is 0 Å². The maximum atomic E-state index is 10.9. The van der Waals surface area contributed by atoms with E-state index in [1.165, 1.54) is 0 Å². The van der Waals surface area contributed by atoms with Crippen molar-refractivity contribution in [1.29, 1.82) is 0 Å². The van der Waals surface area contributed by atoms with Crippen LogP contribution in [0, 0.1) is 6.92 Å². The van der Waals surface area contributed by atoms with Gasteiger partial charge in [0, 0.05) is 21.1 Å². The van der Waals surface area contributed by atoms with Gasteiger partial charge in [-0.05, 0) is 19.1 Å². The molecule has 0 aliphatic heterocycles. The molecule has 0 amide bonds. The van der Waals surface area contributed by atoms with E-state index < -0.39 is 0 Å². The van der Waals surface area contributed by atoms with Gasteiger partial charge >= 0.3 is 0 Å². The summed E-state index contributed by atoms with van der Waals surface area (Å²) < 4.78 is 6.14. The zero-order chi connectivity index (χ0) is 11.0. The van der Waals surface area contributed by atoms with Gasteiger partial charge in [0.25, 0.3) is 0 Å². The van der Waals surface area contributed by atoms with E-state index in [1.54, 1.807) is 7.11 Å². The lowest BCUT2D eigenvalue weighted by atomic mass is 10.1. The molecule has 0 fully saturated rings. The van der Waals surface area contributed by atoms with Gasteiger partial charge in [-0.15, -0.1) is 0 Å². The number of aromatic amines is 1. The molecule has 1 N–H and O–H groups in total. The minimum atomic E-state index is 0.685. The van der Waals surface area contributed by atoms with Gasteiger partial charge < -0.3 is 9.72 Å². The molecule has 0 radical (unpaired) electrons. The van der Waals surface area contributed by atoms with Crippen LogP contribution in [0.5, 0.6) is 5.75 Å². The third-order valence-corrected chi connectivity index (χ3v) is 2.87. The molecule has 0 atom stereocenters. The number of aldehydes is 1. The molecule has 0 saturated carbocycles. The van der Waals surface area contributed by atoms with E-state index in [4.69, 9.17) is 4.74 Å². The van der Waals surface area contributed by atoms with Crippen LogP contribution in [0.25, 0.3) is 10.9 Å². The van der Waals surface area contributed by atoms with E-state index in [1.807, 2.05) is 19.1 Å². The number of methoxy groups -OCH3 is 1. The fourth-order valence-electron chi connectivity index (χ4n) is 1.69. The van der Waals surface area contributed by atoms with E-state index in [9.17, 15) is 4.79 Å². The highest BCUT2D eigenvalue weighted by Crippen LogP contribution is 2.32. The number of carbonyl (C=O) groups excluding carboxylic acids is 1. The number of carbonyl (C=O) groups is 1. The summed E-state index contributed by atoms with van der Waals surface area (Å²) in [5.74, 6) is 0.732. The van der Waals surface area contributed by atoms with E-state index in [0.717, 1.165) is 33.1 Å². The average Bonchev–Trinajstić information content (AvgIpc) is 2.52. The third kappa shape index (κ3) is 1.55. The first-order valence-electron chi connectivity index (χ1n) is 4.48. The summed E-state index contributed by atoms with van der Waals surface area (Å²) in [4.78, 5) is 14.1. The molecule has 2 aromatic rings. The van der Waals surface area contributed by atoms with Crippen LogP contribution >= 0.6 is 15.9 Å². The Morgan fingerprint density at radius 2 is 2.20 bits per heavy atom. The van der Waals surface area contributed by atoms with Crippen molar-refractivity contribution in [3.63, 3.8) is 0 Å². The quantitative estimate of drug-likeness (QED) is 0.850. The van der Waals surface area contributed by atoms with Crippen LogP contribution in [0.1, 0.15) is 16.1 Å². The van der Waals surface area contributed by atoms with Crippen LogP contribution in [0.4, 0.5) is 0 Å². The topological polar surface area (TPSA) is 42.1 Å². The zero-order valence-corrected chi connectivity index (χ0v) is 10.0. The van der Waals surface area contributed by atoms with Crippen molar-refractivity contribution in [2.24, 2.45) is 0 Å². The Kier molecular flexibility index (Phi) is 2.52. The predicted molar refractivity (Wildman–Crippen MR) is 62.7 cm³/mol. The van der Waals surface area contributed by atoms with E-state index in [2.05, 4.69) is 20.9 Å². The SMILES string of the molecule is COc1cc(Br)cc2c(C=O)c(C)[nH]c12. The Morgan fingerprint density at radius 1 is 1.47 bits per heavy atom. The fourth-order valence-corrected chi connectivity index (χ4v) is 2.13. The van der Waals surface area contributed by atoms with Gasteiger partial charge in [0.05, 0.1) is 12.6 Å². The summed E-state index contributed by atoms with van der Waals surface area (Å²) in [6.45, 7) is 1.87. The number of H-pyrrole nitrogens is 1. The highest BCUT2D eigenvalue weighted by Gasteiger charge is 2.12. The van der Waals surface area contributed by atoms with Crippen molar-refractivity contribution >= 4 is 33.1 Å². The van der Waals surface area contributed by atoms with Crippen molar-refractivity contribution in [3.8, 4) is 5.75 Å². The van der Waals surface area contributed by atoms with Crippen LogP contribution < -0.4 is 4.74 Å². The van der Waals surface area contributed by atoms with Crippen molar-refractivity contribution in [1.82, 2.24) is 4.98 Å². The number of aromatic nitrogens is 1. The van der Waals surface area contributed by atoms with Crippen molar-refractivity contribution in [2.45, 2.75) is 6.92 Å². The van der Waals surface area contributed by atoms with Gasteiger partial charge in [0.1, 0.15) is 5.75 Å². The Hall–Kier alpha value is -1.29. The number of halogens is 1. The molecule has 0 spiro atoms. The smallest absolute Gasteiger partial charge is 0.152 e. The summed E-state index contributed by atoms with van der Waals surface area (Å²) in [6, 6.07) is 3.78. The van der Waals surface area contributed by atoms with Gasteiger partial charge in [-0.25, -0.2) is 0 Å².